The molecule has 1 aromatic carbocycles. The van der Waals surface area contributed by atoms with Crippen LogP contribution in [0.4, 0.5) is 4.39 Å². The van der Waals surface area contributed by atoms with Crippen LogP contribution in [0.25, 0.3) is 0 Å². The van der Waals surface area contributed by atoms with Gasteiger partial charge in [-0.3, -0.25) is 4.79 Å². The van der Waals surface area contributed by atoms with Gasteiger partial charge < -0.3 is 4.90 Å². The summed E-state index contributed by atoms with van der Waals surface area (Å²) >= 11 is 0. The summed E-state index contributed by atoms with van der Waals surface area (Å²) in [5, 5.41) is 0. The topological polar surface area (TPSA) is 57.7 Å². The van der Waals surface area contributed by atoms with Crippen molar-refractivity contribution in [3.8, 4) is 0 Å². The van der Waals surface area contributed by atoms with Crippen LogP contribution in [0.5, 0.6) is 0 Å². The van der Waals surface area contributed by atoms with Gasteiger partial charge in [0.2, 0.25) is 15.9 Å². The Labute approximate surface area is 148 Å². The molecule has 5 nitrogen and oxygen atoms in total. The fourth-order valence-electron chi connectivity index (χ4n) is 4.09. The number of carbonyl (C=O) groups is 1. The van der Waals surface area contributed by atoms with E-state index in [0.29, 0.717) is 12.5 Å². The first-order valence-corrected chi connectivity index (χ1v) is 10.3. The van der Waals surface area contributed by atoms with Crippen molar-refractivity contribution < 1.29 is 17.6 Å². The van der Waals surface area contributed by atoms with Crippen molar-refractivity contribution in [2.24, 2.45) is 5.92 Å². The van der Waals surface area contributed by atoms with Crippen molar-refractivity contribution >= 4 is 15.9 Å². The molecular formula is C18H25FN2O3S. The number of halogens is 1. The van der Waals surface area contributed by atoms with Crippen LogP contribution >= 0.6 is 0 Å². The molecule has 1 aliphatic heterocycles. The van der Waals surface area contributed by atoms with Crippen LogP contribution in [-0.4, -0.2) is 49.7 Å². The summed E-state index contributed by atoms with van der Waals surface area (Å²) in [7, 11) is -2.40. The molecule has 3 rings (SSSR count). The molecule has 1 atom stereocenters. The molecule has 1 heterocycles. The Hall–Kier alpha value is -1.47. The maximum atomic E-state index is 13.0. The Morgan fingerprint density at radius 3 is 2.44 bits per heavy atom. The minimum atomic E-state index is -3.80. The van der Waals surface area contributed by atoms with Crippen molar-refractivity contribution in [1.29, 1.82) is 0 Å². The second-order valence-corrected chi connectivity index (χ2v) is 9.10. The van der Waals surface area contributed by atoms with Crippen molar-refractivity contribution in [2.75, 3.05) is 20.1 Å². The van der Waals surface area contributed by atoms with Crippen LogP contribution in [0.2, 0.25) is 0 Å². The molecule has 0 aromatic heterocycles. The van der Waals surface area contributed by atoms with Gasteiger partial charge in [-0.05, 0) is 55.9 Å². The Kier molecular flexibility index (Phi) is 5.43. The number of benzene rings is 1. The van der Waals surface area contributed by atoms with E-state index in [4.69, 9.17) is 0 Å². The lowest BCUT2D eigenvalue weighted by molar-refractivity contribution is -0.132. The van der Waals surface area contributed by atoms with Crippen molar-refractivity contribution in [3.63, 3.8) is 0 Å². The Balaban J connectivity index is 1.68. The molecule has 0 N–H and O–H groups in total. The molecule has 0 radical (unpaired) electrons. The van der Waals surface area contributed by atoms with Gasteiger partial charge in [0.15, 0.2) is 0 Å². The third-order valence-corrected chi connectivity index (χ3v) is 7.26. The normalized spacial score (nSPS) is 22.0. The molecule has 0 bridgehead atoms. The fraction of sp³-hybridized carbons (Fsp3) is 0.611. The second kappa shape index (κ2) is 7.41. The highest BCUT2D eigenvalue weighted by Gasteiger charge is 2.36. The zero-order valence-corrected chi connectivity index (χ0v) is 15.3. The number of hydrogen-bond acceptors (Lipinski definition) is 3. The quantitative estimate of drug-likeness (QED) is 0.803. The van der Waals surface area contributed by atoms with E-state index in [1.165, 1.54) is 32.0 Å². The van der Waals surface area contributed by atoms with Crippen molar-refractivity contribution in [3.05, 3.63) is 30.1 Å². The molecule has 1 aliphatic carbocycles. The molecule has 2 fully saturated rings. The predicted molar refractivity (Wildman–Crippen MR) is 92.9 cm³/mol. The zero-order chi connectivity index (χ0) is 18.0. The molecule has 1 saturated heterocycles. The smallest absolute Gasteiger partial charge is 0.243 e. The number of rotatable bonds is 5. The molecule has 1 amide bonds. The highest BCUT2D eigenvalue weighted by molar-refractivity contribution is 7.89. The first-order valence-electron chi connectivity index (χ1n) is 8.91. The third-order valence-electron chi connectivity index (χ3n) is 5.44. The molecule has 1 aromatic rings. The minimum Gasteiger partial charge on any atom is -0.338 e. The highest BCUT2D eigenvalue weighted by Crippen LogP contribution is 2.35. The van der Waals surface area contributed by atoms with Crippen molar-refractivity contribution in [2.45, 2.75) is 49.5 Å². The minimum absolute atomic E-state index is 0.00188. The van der Waals surface area contributed by atoms with E-state index in [1.807, 2.05) is 4.90 Å². The van der Waals surface area contributed by atoms with Gasteiger partial charge in [-0.2, -0.15) is 4.31 Å². The average Bonchev–Trinajstić information content (AvgIpc) is 3.26. The first kappa shape index (κ1) is 18.3. The summed E-state index contributed by atoms with van der Waals surface area (Å²) in [6, 6.07) is 4.93. The van der Waals surface area contributed by atoms with Crippen molar-refractivity contribution in [1.82, 2.24) is 9.21 Å². The number of hydrogen-bond donors (Lipinski definition) is 0. The number of carbonyl (C=O) groups excluding carboxylic acids is 1. The Bertz CT molecular complexity index is 714. The van der Waals surface area contributed by atoms with Crippen LogP contribution < -0.4 is 0 Å². The number of nitrogens with zero attached hydrogens (tertiary/aromatic N) is 2. The lowest BCUT2D eigenvalue weighted by atomic mass is 9.96. The Morgan fingerprint density at radius 1 is 1.16 bits per heavy atom. The fourth-order valence-corrected chi connectivity index (χ4v) is 5.21. The van der Waals surface area contributed by atoms with E-state index >= 15 is 0 Å². The van der Waals surface area contributed by atoms with E-state index in [-0.39, 0.29) is 23.4 Å². The van der Waals surface area contributed by atoms with Gasteiger partial charge in [-0.1, -0.05) is 12.8 Å². The molecule has 0 unspecified atom stereocenters. The molecular weight excluding hydrogens is 343 g/mol. The summed E-state index contributed by atoms with van der Waals surface area (Å²) in [5.74, 6) is -0.0674. The van der Waals surface area contributed by atoms with Crippen LogP contribution in [-0.2, 0) is 14.8 Å². The average molecular weight is 368 g/mol. The summed E-state index contributed by atoms with van der Waals surface area (Å²) in [4.78, 5) is 14.6. The maximum Gasteiger partial charge on any atom is 0.243 e. The number of likely N-dealkylation sites (tertiary alicyclic amines) is 1. The van der Waals surface area contributed by atoms with Gasteiger partial charge in [0, 0.05) is 19.6 Å². The van der Waals surface area contributed by atoms with E-state index in [9.17, 15) is 17.6 Å². The van der Waals surface area contributed by atoms with Gasteiger partial charge in [-0.15, -0.1) is 0 Å². The highest BCUT2D eigenvalue weighted by atomic mass is 32.2. The standard InChI is InChI=1S/C18H25FN2O3S/c1-20(25(23,24)16-10-8-15(19)9-11-16)13-18(22)21-12-4-7-17(21)14-5-2-3-6-14/h8-11,14,17H,2-7,12-13H2,1H3/t17-/m0/s1. The van der Waals surface area contributed by atoms with E-state index in [1.54, 1.807) is 0 Å². The first-order chi connectivity index (χ1) is 11.9. The molecule has 138 valence electrons. The number of sulfonamides is 1. The van der Waals surface area contributed by atoms with Crippen LogP contribution in [0.1, 0.15) is 38.5 Å². The lowest BCUT2D eigenvalue weighted by Gasteiger charge is -2.30. The van der Waals surface area contributed by atoms with E-state index in [2.05, 4.69) is 0 Å². The number of likely N-dealkylation sites (N-methyl/N-ethyl adjacent to an activating group) is 1. The van der Waals surface area contributed by atoms with Crippen LogP contribution in [0, 0.1) is 11.7 Å². The zero-order valence-electron chi connectivity index (χ0n) is 14.5. The molecule has 25 heavy (non-hydrogen) atoms. The predicted octanol–water partition coefficient (Wildman–Crippen LogP) is 2.63. The monoisotopic (exact) mass is 368 g/mol. The SMILES string of the molecule is CN(CC(=O)N1CCC[C@H]1C1CCCC1)S(=O)(=O)c1ccc(F)cc1. The van der Waals surface area contributed by atoms with Gasteiger partial charge >= 0.3 is 0 Å². The summed E-state index contributed by atoms with van der Waals surface area (Å²) in [6.07, 6.45) is 6.78. The van der Waals surface area contributed by atoms with E-state index in [0.717, 1.165) is 42.1 Å². The summed E-state index contributed by atoms with van der Waals surface area (Å²) in [5.41, 5.74) is 0. The van der Waals surface area contributed by atoms with Gasteiger partial charge in [0.25, 0.3) is 0 Å². The molecule has 1 saturated carbocycles. The summed E-state index contributed by atoms with van der Waals surface area (Å²) < 4.78 is 39.2. The van der Waals surface area contributed by atoms with Crippen LogP contribution in [0.3, 0.4) is 0 Å². The Morgan fingerprint density at radius 2 is 1.80 bits per heavy atom. The number of amides is 1. The van der Waals surface area contributed by atoms with E-state index < -0.39 is 15.8 Å². The summed E-state index contributed by atoms with van der Waals surface area (Å²) in [6.45, 7) is 0.535. The maximum absolute atomic E-state index is 13.0. The second-order valence-electron chi connectivity index (χ2n) is 7.06. The van der Waals surface area contributed by atoms with Gasteiger partial charge in [0.1, 0.15) is 5.82 Å². The van der Waals surface area contributed by atoms with Gasteiger partial charge in [-0.25, -0.2) is 12.8 Å². The molecule has 2 aliphatic rings. The van der Waals surface area contributed by atoms with Gasteiger partial charge in [0.05, 0.1) is 11.4 Å². The lowest BCUT2D eigenvalue weighted by Crippen LogP contribution is -2.45. The largest absolute Gasteiger partial charge is 0.338 e. The third kappa shape index (κ3) is 3.87. The molecule has 7 heteroatoms. The van der Waals surface area contributed by atoms with Crippen LogP contribution in [0.15, 0.2) is 29.2 Å². The molecule has 0 spiro atoms.